The maximum absolute atomic E-state index is 14.2. The van der Waals surface area contributed by atoms with Gasteiger partial charge in [0.15, 0.2) is 5.71 Å². The Morgan fingerprint density at radius 3 is 2.49 bits per heavy atom. The number of benzene rings is 2. The van der Waals surface area contributed by atoms with E-state index in [-0.39, 0.29) is 29.7 Å². The number of halogens is 1. The van der Waals surface area contributed by atoms with Crippen molar-refractivity contribution in [2.45, 2.75) is 26.4 Å². The largest absolute Gasteiger partial charge is 0.489 e. The normalized spacial score (nSPS) is 15.0. The van der Waals surface area contributed by atoms with E-state index >= 15 is 0 Å². The number of nitriles is 1. The van der Waals surface area contributed by atoms with Crippen molar-refractivity contribution < 1.29 is 18.6 Å². The number of rotatable bonds is 8. The molecule has 0 aliphatic carbocycles. The molecule has 2 heterocycles. The van der Waals surface area contributed by atoms with E-state index in [0.717, 1.165) is 24.1 Å². The third kappa shape index (κ3) is 7.06. The van der Waals surface area contributed by atoms with Crippen LogP contribution in [-0.2, 0) is 11.3 Å². The van der Waals surface area contributed by atoms with Crippen molar-refractivity contribution in [2.75, 3.05) is 13.2 Å². The van der Waals surface area contributed by atoms with Gasteiger partial charge in [-0.3, -0.25) is 4.98 Å². The summed E-state index contributed by atoms with van der Waals surface area (Å²) in [4.78, 5) is 8.57. The number of nitrogens with zero attached hydrogens (tertiary/aromatic N) is 3. The van der Waals surface area contributed by atoms with Crippen LogP contribution in [0.1, 0.15) is 24.1 Å². The van der Waals surface area contributed by atoms with Crippen LogP contribution >= 0.6 is 0 Å². The number of aryl methyl sites for hydroxylation is 1. The van der Waals surface area contributed by atoms with Crippen molar-refractivity contribution in [3.63, 3.8) is 0 Å². The third-order valence-electron chi connectivity index (χ3n) is 5.87. The standard InChI is InChI=1S/C28H28FN5O3/c1-18-2-3-19(16-33-18)17-36-24-12-21(29)13-25(14-24)37-23-6-4-22(5-7-23)34-26(15-30)28(32)27(31)20-8-10-35-11-9-20/h2-7,12-14,16,20H,8-11,17,31-32H2,1H3/b28-27+,34-26?. The van der Waals surface area contributed by atoms with Crippen LogP contribution in [0.2, 0.25) is 0 Å². The Bertz CT molecular complexity index is 1330. The Hall–Kier alpha value is -4.42. The molecule has 0 spiro atoms. The molecule has 0 saturated carbocycles. The van der Waals surface area contributed by atoms with Gasteiger partial charge in [0.05, 0.1) is 11.4 Å². The van der Waals surface area contributed by atoms with Crippen LogP contribution in [0.4, 0.5) is 10.1 Å². The highest BCUT2D eigenvalue weighted by Gasteiger charge is 2.20. The van der Waals surface area contributed by atoms with Crippen LogP contribution in [-0.4, -0.2) is 23.9 Å². The molecular weight excluding hydrogens is 473 g/mol. The number of hydrogen-bond donors (Lipinski definition) is 2. The van der Waals surface area contributed by atoms with Gasteiger partial charge in [-0.15, -0.1) is 0 Å². The van der Waals surface area contributed by atoms with E-state index in [4.69, 9.17) is 25.7 Å². The minimum Gasteiger partial charge on any atom is -0.489 e. The van der Waals surface area contributed by atoms with Gasteiger partial charge in [0, 0.05) is 60.5 Å². The molecule has 2 aromatic carbocycles. The van der Waals surface area contributed by atoms with E-state index in [2.05, 4.69) is 9.98 Å². The topological polar surface area (TPSA) is 129 Å². The first kappa shape index (κ1) is 25.7. The van der Waals surface area contributed by atoms with Gasteiger partial charge in [-0.2, -0.15) is 5.26 Å². The molecule has 1 aliphatic heterocycles. The van der Waals surface area contributed by atoms with Crippen LogP contribution in [0.3, 0.4) is 0 Å². The molecule has 4 rings (SSSR count). The summed E-state index contributed by atoms with van der Waals surface area (Å²) in [5.41, 5.74) is 15.4. The number of nitrogens with two attached hydrogens (primary N) is 2. The molecule has 1 fully saturated rings. The van der Waals surface area contributed by atoms with Crippen molar-refractivity contribution in [2.24, 2.45) is 22.4 Å². The lowest BCUT2D eigenvalue weighted by atomic mass is 9.94. The smallest absolute Gasteiger partial charge is 0.165 e. The van der Waals surface area contributed by atoms with Crippen LogP contribution in [0.5, 0.6) is 17.2 Å². The van der Waals surface area contributed by atoms with Crippen molar-refractivity contribution in [1.82, 2.24) is 4.98 Å². The van der Waals surface area contributed by atoms with Gasteiger partial charge in [-0.1, -0.05) is 6.07 Å². The fraction of sp³-hybridized carbons (Fsp3) is 0.250. The second kappa shape index (κ2) is 12.0. The number of pyridine rings is 1. The zero-order valence-corrected chi connectivity index (χ0v) is 20.5. The third-order valence-corrected chi connectivity index (χ3v) is 5.87. The molecule has 8 nitrogen and oxygen atoms in total. The van der Waals surface area contributed by atoms with E-state index in [1.54, 1.807) is 36.5 Å². The number of hydrogen-bond acceptors (Lipinski definition) is 8. The molecule has 0 unspecified atom stereocenters. The van der Waals surface area contributed by atoms with E-state index in [1.165, 1.54) is 12.1 Å². The summed E-state index contributed by atoms with van der Waals surface area (Å²) in [7, 11) is 0. The van der Waals surface area contributed by atoms with Gasteiger partial charge in [0.1, 0.15) is 35.7 Å². The molecule has 4 N–H and O–H groups in total. The lowest BCUT2D eigenvalue weighted by Crippen LogP contribution is -2.27. The maximum Gasteiger partial charge on any atom is 0.165 e. The van der Waals surface area contributed by atoms with Crippen molar-refractivity contribution in [3.8, 4) is 23.3 Å². The Labute approximate surface area is 215 Å². The molecule has 0 amide bonds. The van der Waals surface area contributed by atoms with Gasteiger partial charge in [0.25, 0.3) is 0 Å². The summed E-state index contributed by atoms with van der Waals surface area (Å²) >= 11 is 0. The molecule has 1 saturated heterocycles. The predicted molar refractivity (Wildman–Crippen MR) is 138 cm³/mol. The summed E-state index contributed by atoms with van der Waals surface area (Å²) in [6, 6.07) is 16.7. The summed E-state index contributed by atoms with van der Waals surface area (Å²) in [5.74, 6) is 0.653. The van der Waals surface area contributed by atoms with Crippen molar-refractivity contribution in [1.29, 1.82) is 5.26 Å². The first-order valence-electron chi connectivity index (χ1n) is 11.9. The highest BCUT2D eigenvalue weighted by atomic mass is 19.1. The first-order valence-corrected chi connectivity index (χ1v) is 11.9. The lowest BCUT2D eigenvalue weighted by molar-refractivity contribution is 0.0752. The molecule has 0 bridgehead atoms. The van der Waals surface area contributed by atoms with Crippen molar-refractivity contribution >= 4 is 11.4 Å². The van der Waals surface area contributed by atoms with E-state index in [0.29, 0.717) is 36.1 Å². The molecule has 1 aromatic heterocycles. The van der Waals surface area contributed by atoms with Crippen LogP contribution in [0, 0.1) is 30.0 Å². The average molecular weight is 502 g/mol. The Morgan fingerprint density at radius 2 is 1.81 bits per heavy atom. The second-order valence-corrected chi connectivity index (χ2v) is 8.64. The zero-order chi connectivity index (χ0) is 26.2. The highest BCUT2D eigenvalue weighted by molar-refractivity contribution is 6.12. The summed E-state index contributed by atoms with van der Waals surface area (Å²) in [6.07, 6.45) is 3.23. The van der Waals surface area contributed by atoms with Gasteiger partial charge >= 0.3 is 0 Å². The van der Waals surface area contributed by atoms with Gasteiger partial charge < -0.3 is 25.7 Å². The van der Waals surface area contributed by atoms with Crippen LogP contribution in [0.25, 0.3) is 0 Å². The van der Waals surface area contributed by atoms with Crippen molar-refractivity contribution in [3.05, 3.63) is 89.3 Å². The monoisotopic (exact) mass is 501 g/mol. The molecule has 0 atom stereocenters. The zero-order valence-electron chi connectivity index (χ0n) is 20.5. The molecule has 3 aromatic rings. The number of aliphatic imine (C=N–C) groups is 1. The molecular formula is C28H28FN5O3. The number of aromatic nitrogens is 1. The Morgan fingerprint density at radius 1 is 1.08 bits per heavy atom. The number of ether oxygens (including phenoxy) is 3. The predicted octanol–water partition coefficient (Wildman–Crippen LogP) is 5.05. The van der Waals surface area contributed by atoms with Crippen LogP contribution < -0.4 is 20.9 Å². The highest BCUT2D eigenvalue weighted by Crippen LogP contribution is 2.29. The summed E-state index contributed by atoms with van der Waals surface area (Å²) in [6.45, 7) is 3.38. The number of allylic oxidation sites excluding steroid dienone is 2. The van der Waals surface area contributed by atoms with Gasteiger partial charge in [-0.05, 0) is 50.1 Å². The average Bonchev–Trinajstić information content (AvgIpc) is 2.92. The second-order valence-electron chi connectivity index (χ2n) is 8.64. The molecule has 0 radical (unpaired) electrons. The molecule has 37 heavy (non-hydrogen) atoms. The quantitative estimate of drug-likeness (QED) is 0.413. The van der Waals surface area contributed by atoms with Gasteiger partial charge in [0.2, 0.25) is 0 Å². The molecule has 190 valence electrons. The van der Waals surface area contributed by atoms with E-state index in [9.17, 15) is 9.65 Å². The van der Waals surface area contributed by atoms with E-state index in [1.807, 2.05) is 25.1 Å². The van der Waals surface area contributed by atoms with Gasteiger partial charge in [-0.25, -0.2) is 9.38 Å². The fourth-order valence-corrected chi connectivity index (χ4v) is 3.79. The van der Waals surface area contributed by atoms with E-state index < -0.39 is 5.82 Å². The summed E-state index contributed by atoms with van der Waals surface area (Å²) in [5, 5.41) is 9.58. The first-order chi connectivity index (χ1) is 17.9. The molecule has 1 aliphatic rings. The Kier molecular flexibility index (Phi) is 8.33. The summed E-state index contributed by atoms with van der Waals surface area (Å²) < 4.78 is 31.1. The fourth-order valence-electron chi connectivity index (χ4n) is 3.79. The minimum atomic E-state index is -0.487. The maximum atomic E-state index is 14.2. The minimum absolute atomic E-state index is 0.0494. The SMILES string of the molecule is Cc1ccc(COc2cc(F)cc(Oc3ccc(N=C(C#N)/C(N)=C(\N)C4CCOCC4)cc3)c2)cn1. The molecule has 9 heteroatoms. The lowest BCUT2D eigenvalue weighted by Gasteiger charge is -2.23. The Balaban J connectivity index is 1.43. The van der Waals surface area contributed by atoms with Crippen LogP contribution in [0.15, 0.2) is 77.2 Å².